The molecule has 0 saturated heterocycles. The van der Waals surface area contributed by atoms with Crippen molar-refractivity contribution in [3.8, 4) is 11.3 Å². The van der Waals surface area contributed by atoms with Crippen LogP contribution in [0.2, 0.25) is 0 Å². The minimum atomic E-state index is -0.102. The van der Waals surface area contributed by atoms with Crippen molar-refractivity contribution in [2.45, 2.75) is 19.9 Å². The SMILES string of the molecule is CC(C)n1c(-c2ccccc2NC(=O)c2ccccc2)cc2ccccc21. The summed E-state index contributed by atoms with van der Waals surface area (Å²) < 4.78 is 2.32. The van der Waals surface area contributed by atoms with Crippen LogP contribution in [0.4, 0.5) is 5.69 Å². The summed E-state index contributed by atoms with van der Waals surface area (Å²) in [6.07, 6.45) is 0. The predicted octanol–water partition coefficient (Wildman–Crippen LogP) is 6.14. The highest BCUT2D eigenvalue weighted by Gasteiger charge is 2.16. The molecule has 0 bridgehead atoms. The lowest BCUT2D eigenvalue weighted by Crippen LogP contribution is -2.13. The molecule has 27 heavy (non-hydrogen) atoms. The van der Waals surface area contributed by atoms with Crippen molar-refractivity contribution in [2.75, 3.05) is 5.32 Å². The van der Waals surface area contributed by atoms with Gasteiger partial charge >= 0.3 is 0 Å². The van der Waals surface area contributed by atoms with E-state index in [2.05, 4.69) is 60.1 Å². The first kappa shape index (κ1) is 17.1. The third kappa shape index (κ3) is 3.24. The van der Waals surface area contributed by atoms with Crippen molar-refractivity contribution in [3.63, 3.8) is 0 Å². The highest BCUT2D eigenvalue weighted by atomic mass is 16.1. The van der Waals surface area contributed by atoms with Crippen LogP contribution in [-0.2, 0) is 0 Å². The molecule has 1 aromatic heterocycles. The van der Waals surface area contributed by atoms with E-state index in [0.29, 0.717) is 11.6 Å². The Morgan fingerprint density at radius 2 is 1.52 bits per heavy atom. The molecule has 0 atom stereocenters. The smallest absolute Gasteiger partial charge is 0.255 e. The Morgan fingerprint density at radius 1 is 0.852 bits per heavy atom. The third-order valence-corrected chi connectivity index (χ3v) is 4.75. The number of amides is 1. The molecule has 4 aromatic rings. The van der Waals surface area contributed by atoms with Crippen LogP contribution in [0.3, 0.4) is 0 Å². The average molecular weight is 354 g/mol. The maximum absolute atomic E-state index is 12.7. The number of rotatable bonds is 4. The maximum Gasteiger partial charge on any atom is 0.255 e. The molecule has 1 N–H and O–H groups in total. The summed E-state index contributed by atoms with van der Waals surface area (Å²) in [6, 6.07) is 28.2. The Kier molecular flexibility index (Phi) is 4.51. The van der Waals surface area contributed by atoms with Gasteiger partial charge in [-0.15, -0.1) is 0 Å². The number of carbonyl (C=O) groups is 1. The van der Waals surface area contributed by atoms with Gasteiger partial charge in [-0.3, -0.25) is 4.79 Å². The van der Waals surface area contributed by atoms with E-state index in [1.807, 2.05) is 48.5 Å². The highest BCUT2D eigenvalue weighted by molar-refractivity contribution is 6.06. The molecule has 0 unspecified atom stereocenters. The summed E-state index contributed by atoms with van der Waals surface area (Å²) in [5.41, 5.74) is 4.79. The predicted molar refractivity (Wildman–Crippen MR) is 112 cm³/mol. The van der Waals surface area contributed by atoms with E-state index in [9.17, 15) is 4.79 Å². The van der Waals surface area contributed by atoms with Crippen molar-refractivity contribution >= 4 is 22.5 Å². The van der Waals surface area contributed by atoms with E-state index in [4.69, 9.17) is 0 Å². The van der Waals surface area contributed by atoms with Crippen LogP contribution in [0.15, 0.2) is 84.9 Å². The van der Waals surface area contributed by atoms with Gasteiger partial charge in [-0.25, -0.2) is 0 Å². The second kappa shape index (κ2) is 7.12. The molecule has 0 aliphatic rings. The van der Waals surface area contributed by atoms with E-state index < -0.39 is 0 Å². The number of nitrogens with zero attached hydrogens (tertiary/aromatic N) is 1. The van der Waals surface area contributed by atoms with Crippen molar-refractivity contribution in [1.82, 2.24) is 4.57 Å². The summed E-state index contributed by atoms with van der Waals surface area (Å²) in [5.74, 6) is -0.102. The standard InChI is InChI=1S/C24H22N2O/c1-17(2)26-22-15-9-6-12-19(22)16-23(26)20-13-7-8-14-21(20)25-24(27)18-10-4-3-5-11-18/h3-17H,1-2H3,(H,25,27). The topological polar surface area (TPSA) is 34.0 Å². The number of hydrogen-bond acceptors (Lipinski definition) is 1. The van der Waals surface area contributed by atoms with Crippen molar-refractivity contribution in [3.05, 3.63) is 90.5 Å². The van der Waals surface area contributed by atoms with E-state index >= 15 is 0 Å². The van der Waals surface area contributed by atoms with Crippen molar-refractivity contribution in [1.29, 1.82) is 0 Å². The van der Waals surface area contributed by atoms with Crippen LogP contribution in [0.1, 0.15) is 30.2 Å². The minimum Gasteiger partial charge on any atom is -0.338 e. The highest BCUT2D eigenvalue weighted by Crippen LogP contribution is 2.35. The zero-order chi connectivity index (χ0) is 18.8. The quantitative estimate of drug-likeness (QED) is 0.469. The van der Waals surface area contributed by atoms with Crippen LogP contribution in [0, 0.1) is 0 Å². The summed E-state index contributed by atoms with van der Waals surface area (Å²) in [7, 11) is 0. The van der Waals surface area contributed by atoms with Crippen LogP contribution in [-0.4, -0.2) is 10.5 Å². The molecule has 0 aliphatic heterocycles. The van der Waals surface area contributed by atoms with Crippen molar-refractivity contribution in [2.24, 2.45) is 0 Å². The lowest BCUT2D eigenvalue weighted by molar-refractivity contribution is 0.102. The molecule has 1 amide bonds. The van der Waals surface area contributed by atoms with E-state index in [0.717, 1.165) is 16.9 Å². The molecular weight excluding hydrogens is 332 g/mol. The average Bonchev–Trinajstić information content (AvgIpc) is 3.08. The molecule has 4 rings (SSSR count). The summed E-state index contributed by atoms with van der Waals surface area (Å²) in [6.45, 7) is 4.36. The van der Waals surface area contributed by atoms with Gasteiger partial charge in [-0.2, -0.15) is 0 Å². The van der Waals surface area contributed by atoms with E-state index in [1.165, 1.54) is 10.9 Å². The number of para-hydroxylation sites is 2. The second-order valence-corrected chi connectivity index (χ2v) is 6.92. The largest absolute Gasteiger partial charge is 0.338 e. The van der Waals surface area contributed by atoms with Gasteiger partial charge in [0.05, 0.1) is 11.4 Å². The second-order valence-electron chi connectivity index (χ2n) is 6.92. The van der Waals surface area contributed by atoms with E-state index in [-0.39, 0.29) is 5.91 Å². The number of fused-ring (bicyclic) bond motifs is 1. The number of anilines is 1. The lowest BCUT2D eigenvalue weighted by atomic mass is 10.1. The fraction of sp³-hybridized carbons (Fsp3) is 0.125. The first-order valence-corrected chi connectivity index (χ1v) is 9.21. The first-order valence-electron chi connectivity index (χ1n) is 9.21. The normalized spacial score (nSPS) is 11.1. The molecule has 1 heterocycles. The molecule has 3 nitrogen and oxygen atoms in total. The molecule has 0 radical (unpaired) electrons. The molecule has 0 saturated carbocycles. The van der Waals surface area contributed by atoms with Gasteiger partial charge in [0.1, 0.15) is 0 Å². The number of carbonyl (C=O) groups excluding carboxylic acids is 1. The van der Waals surface area contributed by atoms with Gasteiger partial charge in [0, 0.05) is 28.1 Å². The number of nitrogens with one attached hydrogen (secondary N) is 1. The lowest BCUT2D eigenvalue weighted by Gasteiger charge is -2.17. The zero-order valence-electron chi connectivity index (χ0n) is 15.5. The molecule has 0 spiro atoms. The Morgan fingerprint density at radius 3 is 2.30 bits per heavy atom. The van der Waals surface area contributed by atoms with Gasteiger partial charge in [-0.1, -0.05) is 54.6 Å². The van der Waals surface area contributed by atoms with Crippen LogP contribution >= 0.6 is 0 Å². The molecule has 0 aliphatic carbocycles. The summed E-state index contributed by atoms with van der Waals surface area (Å²) >= 11 is 0. The monoisotopic (exact) mass is 354 g/mol. The first-order chi connectivity index (χ1) is 13.1. The van der Waals surface area contributed by atoms with Crippen LogP contribution < -0.4 is 5.32 Å². The zero-order valence-corrected chi connectivity index (χ0v) is 15.5. The Hall–Kier alpha value is -3.33. The number of aromatic nitrogens is 1. The fourth-order valence-corrected chi connectivity index (χ4v) is 3.54. The molecule has 134 valence electrons. The summed E-state index contributed by atoms with van der Waals surface area (Å²) in [4.78, 5) is 12.7. The third-order valence-electron chi connectivity index (χ3n) is 4.75. The maximum atomic E-state index is 12.7. The molecular formula is C24H22N2O. The van der Waals surface area contributed by atoms with E-state index in [1.54, 1.807) is 0 Å². The van der Waals surface area contributed by atoms with Gasteiger partial charge < -0.3 is 9.88 Å². The fourth-order valence-electron chi connectivity index (χ4n) is 3.54. The number of hydrogen-bond donors (Lipinski definition) is 1. The molecule has 3 aromatic carbocycles. The van der Waals surface area contributed by atoms with Gasteiger partial charge in [0.2, 0.25) is 0 Å². The molecule has 3 heteroatoms. The minimum absolute atomic E-state index is 0.102. The Bertz CT molecular complexity index is 1090. The van der Waals surface area contributed by atoms with Crippen LogP contribution in [0.25, 0.3) is 22.2 Å². The van der Waals surface area contributed by atoms with Gasteiger partial charge in [0.15, 0.2) is 0 Å². The number of benzene rings is 3. The van der Waals surface area contributed by atoms with Crippen molar-refractivity contribution < 1.29 is 4.79 Å². The summed E-state index contributed by atoms with van der Waals surface area (Å²) in [5, 5.41) is 4.28. The van der Waals surface area contributed by atoms with Gasteiger partial charge in [-0.05, 0) is 44.2 Å². The van der Waals surface area contributed by atoms with Crippen LogP contribution in [0.5, 0.6) is 0 Å². The Labute approximate surface area is 159 Å². The van der Waals surface area contributed by atoms with Gasteiger partial charge in [0.25, 0.3) is 5.91 Å². The Balaban J connectivity index is 1.81. The molecule has 0 fully saturated rings.